The van der Waals surface area contributed by atoms with Gasteiger partial charge in [0.25, 0.3) is 0 Å². The van der Waals surface area contributed by atoms with Gasteiger partial charge in [-0.1, -0.05) is 18.2 Å². The summed E-state index contributed by atoms with van der Waals surface area (Å²) in [6.07, 6.45) is 0.302. The Bertz CT molecular complexity index is 345. The van der Waals surface area contributed by atoms with E-state index >= 15 is 0 Å². The second-order valence-corrected chi connectivity index (χ2v) is 3.83. The third-order valence-corrected chi connectivity index (χ3v) is 2.01. The normalized spacial score (nSPS) is 11.4. The molecule has 0 heterocycles. The van der Waals surface area contributed by atoms with Gasteiger partial charge in [-0.2, -0.15) is 0 Å². The molecule has 0 saturated heterocycles. The summed E-state index contributed by atoms with van der Waals surface area (Å²) in [5.41, 5.74) is 0.568. The number of aliphatic hydroxyl groups excluding tert-OH is 1. The number of phosphoric ester groups is 1. The molecule has 1 aromatic rings. The Hall–Kier alpha value is -0.870. The van der Waals surface area contributed by atoms with Crippen molar-refractivity contribution in [3.63, 3.8) is 0 Å². The zero-order valence-corrected chi connectivity index (χ0v) is 8.22. The SMILES string of the molecule is O=P(O)(O)Oc1ccccc1CCO. The highest BCUT2D eigenvalue weighted by atomic mass is 31.2. The molecule has 0 radical (unpaired) electrons. The van der Waals surface area contributed by atoms with Crippen LogP contribution in [0.2, 0.25) is 0 Å². The quantitative estimate of drug-likeness (QED) is 0.647. The molecule has 0 unspecified atom stereocenters. The fraction of sp³-hybridized carbons (Fsp3) is 0.250. The Balaban J connectivity index is 2.90. The highest BCUT2D eigenvalue weighted by Gasteiger charge is 2.17. The number of para-hydroxylation sites is 1. The van der Waals surface area contributed by atoms with Gasteiger partial charge in [-0.05, 0) is 18.1 Å². The minimum Gasteiger partial charge on any atom is -0.404 e. The van der Waals surface area contributed by atoms with E-state index in [0.717, 1.165) is 0 Å². The molecule has 14 heavy (non-hydrogen) atoms. The molecule has 0 aromatic heterocycles. The number of hydrogen-bond acceptors (Lipinski definition) is 3. The molecule has 3 N–H and O–H groups in total. The fourth-order valence-electron chi connectivity index (χ4n) is 1.05. The number of phosphoric acid groups is 1. The third-order valence-electron chi connectivity index (χ3n) is 1.57. The molecule has 0 atom stereocenters. The summed E-state index contributed by atoms with van der Waals surface area (Å²) in [6, 6.07) is 6.40. The maximum Gasteiger partial charge on any atom is 0.524 e. The van der Waals surface area contributed by atoms with E-state index in [1.807, 2.05) is 0 Å². The maximum atomic E-state index is 10.6. The van der Waals surface area contributed by atoms with Crippen LogP contribution in [0.3, 0.4) is 0 Å². The molecule has 0 spiro atoms. The molecule has 0 amide bonds. The van der Waals surface area contributed by atoms with Crippen molar-refractivity contribution in [2.45, 2.75) is 6.42 Å². The van der Waals surface area contributed by atoms with E-state index in [-0.39, 0.29) is 12.4 Å². The molecular weight excluding hydrogens is 207 g/mol. The van der Waals surface area contributed by atoms with E-state index in [9.17, 15) is 4.57 Å². The monoisotopic (exact) mass is 218 g/mol. The molecule has 1 rings (SSSR count). The van der Waals surface area contributed by atoms with Gasteiger partial charge in [-0.15, -0.1) is 0 Å². The molecule has 0 bridgehead atoms. The van der Waals surface area contributed by atoms with Crippen molar-refractivity contribution in [2.75, 3.05) is 6.61 Å². The molecule has 6 heteroatoms. The highest BCUT2D eigenvalue weighted by Crippen LogP contribution is 2.38. The van der Waals surface area contributed by atoms with Crippen LogP contribution < -0.4 is 4.52 Å². The summed E-state index contributed by atoms with van der Waals surface area (Å²) >= 11 is 0. The average Bonchev–Trinajstić information content (AvgIpc) is 2.06. The van der Waals surface area contributed by atoms with Crippen LogP contribution in [0.1, 0.15) is 5.56 Å². The highest BCUT2D eigenvalue weighted by molar-refractivity contribution is 7.46. The zero-order chi connectivity index (χ0) is 10.6. The Morgan fingerprint density at radius 1 is 1.29 bits per heavy atom. The fourth-order valence-corrected chi connectivity index (χ4v) is 1.48. The van der Waals surface area contributed by atoms with Crippen LogP contribution >= 0.6 is 7.82 Å². The van der Waals surface area contributed by atoms with E-state index in [1.165, 1.54) is 6.07 Å². The molecule has 5 nitrogen and oxygen atoms in total. The van der Waals surface area contributed by atoms with Crippen LogP contribution in [0.5, 0.6) is 5.75 Å². The van der Waals surface area contributed by atoms with Crippen LogP contribution in [0.25, 0.3) is 0 Å². The Morgan fingerprint density at radius 3 is 2.50 bits per heavy atom. The molecule has 0 fully saturated rings. The van der Waals surface area contributed by atoms with Gasteiger partial charge in [0.2, 0.25) is 0 Å². The van der Waals surface area contributed by atoms with E-state index in [1.54, 1.807) is 18.2 Å². The molecule has 1 aromatic carbocycles. The third kappa shape index (κ3) is 3.47. The topological polar surface area (TPSA) is 87.0 Å². The minimum atomic E-state index is -4.52. The molecule has 0 aliphatic heterocycles. The van der Waals surface area contributed by atoms with Crippen molar-refractivity contribution in [1.29, 1.82) is 0 Å². The molecule has 0 aliphatic rings. The van der Waals surface area contributed by atoms with Crippen LogP contribution in [-0.4, -0.2) is 21.5 Å². The zero-order valence-electron chi connectivity index (χ0n) is 7.33. The molecule has 0 aliphatic carbocycles. The van der Waals surface area contributed by atoms with E-state index < -0.39 is 7.82 Å². The standard InChI is InChI=1S/C8H11O5P/c9-6-5-7-3-1-2-4-8(7)13-14(10,11)12/h1-4,9H,5-6H2,(H2,10,11,12). The Morgan fingerprint density at radius 2 is 1.93 bits per heavy atom. The first-order valence-electron chi connectivity index (χ1n) is 3.97. The van der Waals surface area contributed by atoms with Gasteiger partial charge >= 0.3 is 7.82 Å². The van der Waals surface area contributed by atoms with Crippen molar-refractivity contribution in [2.24, 2.45) is 0 Å². The van der Waals surface area contributed by atoms with Gasteiger partial charge < -0.3 is 9.63 Å². The van der Waals surface area contributed by atoms with Crippen molar-refractivity contribution >= 4 is 7.82 Å². The second kappa shape index (κ2) is 4.57. The number of benzene rings is 1. The van der Waals surface area contributed by atoms with Gasteiger partial charge in [0.15, 0.2) is 0 Å². The van der Waals surface area contributed by atoms with E-state index in [2.05, 4.69) is 4.52 Å². The summed E-state index contributed by atoms with van der Waals surface area (Å²) in [6.45, 7) is -0.0957. The maximum absolute atomic E-state index is 10.6. The van der Waals surface area contributed by atoms with E-state index in [4.69, 9.17) is 14.9 Å². The van der Waals surface area contributed by atoms with Crippen LogP contribution in [-0.2, 0) is 11.0 Å². The second-order valence-electron chi connectivity index (χ2n) is 2.66. The number of aliphatic hydroxyl groups is 1. The first-order valence-corrected chi connectivity index (χ1v) is 5.50. The van der Waals surface area contributed by atoms with Gasteiger partial charge in [0, 0.05) is 6.61 Å². The predicted molar refractivity (Wildman–Crippen MR) is 49.9 cm³/mol. The summed E-state index contributed by atoms with van der Waals surface area (Å²) in [5.74, 6) is 0.106. The number of rotatable bonds is 4. The molecule has 78 valence electrons. The number of hydrogen-bond donors (Lipinski definition) is 3. The van der Waals surface area contributed by atoms with Gasteiger partial charge in [-0.3, -0.25) is 9.79 Å². The van der Waals surface area contributed by atoms with Crippen LogP contribution in [0, 0.1) is 0 Å². The van der Waals surface area contributed by atoms with Crippen molar-refractivity contribution in [3.05, 3.63) is 29.8 Å². The smallest absolute Gasteiger partial charge is 0.404 e. The lowest BCUT2D eigenvalue weighted by molar-refractivity contribution is 0.277. The van der Waals surface area contributed by atoms with Gasteiger partial charge in [0.05, 0.1) is 0 Å². The van der Waals surface area contributed by atoms with Crippen LogP contribution in [0.15, 0.2) is 24.3 Å². The van der Waals surface area contributed by atoms with E-state index in [0.29, 0.717) is 12.0 Å². The lowest BCUT2D eigenvalue weighted by Crippen LogP contribution is -1.97. The van der Waals surface area contributed by atoms with Gasteiger partial charge in [-0.25, -0.2) is 4.57 Å². The summed E-state index contributed by atoms with van der Waals surface area (Å²) in [5, 5.41) is 8.69. The minimum absolute atomic E-state index is 0.0957. The van der Waals surface area contributed by atoms with Crippen LogP contribution in [0.4, 0.5) is 0 Å². The summed E-state index contributed by atoms with van der Waals surface area (Å²) in [7, 11) is -4.52. The van der Waals surface area contributed by atoms with Crippen molar-refractivity contribution in [3.8, 4) is 5.75 Å². The van der Waals surface area contributed by atoms with Crippen molar-refractivity contribution < 1.29 is 24.0 Å². The molecule has 0 saturated carbocycles. The Kier molecular flexibility index (Phi) is 3.66. The summed E-state index contributed by atoms with van der Waals surface area (Å²) < 4.78 is 15.0. The average molecular weight is 218 g/mol. The lowest BCUT2D eigenvalue weighted by Gasteiger charge is -2.10. The first-order chi connectivity index (χ1) is 6.53. The van der Waals surface area contributed by atoms with Gasteiger partial charge in [0.1, 0.15) is 5.75 Å². The lowest BCUT2D eigenvalue weighted by atomic mass is 10.1. The first kappa shape index (κ1) is 11.2. The van der Waals surface area contributed by atoms with Crippen molar-refractivity contribution in [1.82, 2.24) is 0 Å². The molecular formula is C8H11O5P. The Labute approximate surface area is 81.2 Å². The largest absolute Gasteiger partial charge is 0.524 e. The summed E-state index contributed by atoms with van der Waals surface area (Å²) in [4.78, 5) is 17.2. The predicted octanol–water partition coefficient (Wildman–Crippen LogP) is 0.693.